The monoisotopic (exact) mass is 139 g/mol. The summed E-state index contributed by atoms with van der Waals surface area (Å²) in [6, 6.07) is 0.196. The van der Waals surface area contributed by atoms with Crippen LogP contribution < -0.4 is 5.73 Å². The van der Waals surface area contributed by atoms with Crippen LogP contribution in [0.1, 0.15) is 18.3 Å². The molecule has 0 saturated heterocycles. The van der Waals surface area contributed by atoms with E-state index < -0.39 is 0 Å². The number of nitrogens with two attached hydrogens (primary N) is 1. The van der Waals surface area contributed by atoms with E-state index in [2.05, 4.69) is 9.97 Å². The van der Waals surface area contributed by atoms with E-state index >= 15 is 0 Å². The van der Waals surface area contributed by atoms with Gasteiger partial charge in [-0.2, -0.15) is 0 Å². The Morgan fingerprint density at radius 1 is 1.80 bits per heavy atom. The van der Waals surface area contributed by atoms with E-state index in [9.17, 15) is 0 Å². The van der Waals surface area contributed by atoms with Gasteiger partial charge in [-0.3, -0.25) is 0 Å². The topological polar surface area (TPSA) is 54.7 Å². The summed E-state index contributed by atoms with van der Waals surface area (Å²) in [5.74, 6) is 0. The highest BCUT2D eigenvalue weighted by atomic mass is 14.9. The molecule has 1 atom stereocenters. The molecule has 1 heterocycles. The first-order chi connectivity index (χ1) is 4.70. The third-order valence-electron chi connectivity index (χ3n) is 1.45. The van der Waals surface area contributed by atoms with E-state index in [1.807, 2.05) is 13.8 Å². The van der Waals surface area contributed by atoms with Gasteiger partial charge in [-0.05, 0) is 13.8 Å². The van der Waals surface area contributed by atoms with Crippen LogP contribution in [0.25, 0.3) is 0 Å². The second-order valence-electron chi connectivity index (χ2n) is 2.66. The summed E-state index contributed by atoms with van der Waals surface area (Å²) in [4.78, 5) is 7.13. The van der Waals surface area contributed by atoms with Crippen LogP contribution in [0.5, 0.6) is 0 Å². The van der Waals surface area contributed by atoms with E-state index in [0.29, 0.717) is 0 Å². The quantitative estimate of drug-likeness (QED) is 0.630. The summed E-state index contributed by atoms with van der Waals surface area (Å²) in [7, 11) is 0. The van der Waals surface area contributed by atoms with Crippen molar-refractivity contribution in [3.05, 3.63) is 17.7 Å². The highest BCUT2D eigenvalue weighted by Gasteiger charge is 2.02. The summed E-state index contributed by atoms with van der Waals surface area (Å²) in [6.45, 7) is 3.98. The number of aryl methyl sites for hydroxylation is 1. The largest absolute Gasteiger partial charge is 0.348 e. The van der Waals surface area contributed by atoms with Crippen molar-refractivity contribution < 1.29 is 0 Å². The molecule has 0 aliphatic carbocycles. The summed E-state index contributed by atoms with van der Waals surface area (Å²) in [5.41, 5.74) is 7.80. The zero-order valence-electron chi connectivity index (χ0n) is 6.39. The minimum Gasteiger partial charge on any atom is -0.348 e. The molecule has 56 valence electrons. The van der Waals surface area contributed by atoms with Crippen molar-refractivity contribution in [3.8, 4) is 0 Å². The summed E-state index contributed by atoms with van der Waals surface area (Å²) >= 11 is 0. The molecule has 3 N–H and O–H groups in total. The molecule has 3 heteroatoms. The number of rotatable bonds is 2. The van der Waals surface area contributed by atoms with Crippen molar-refractivity contribution in [2.45, 2.75) is 26.3 Å². The van der Waals surface area contributed by atoms with E-state index in [4.69, 9.17) is 5.73 Å². The average Bonchev–Trinajstić information content (AvgIpc) is 2.15. The van der Waals surface area contributed by atoms with E-state index in [1.165, 1.54) is 0 Å². The second-order valence-corrected chi connectivity index (χ2v) is 2.66. The molecular weight excluding hydrogens is 126 g/mol. The van der Waals surface area contributed by atoms with Crippen LogP contribution in [0.2, 0.25) is 0 Å². The third kappa shape index (κ3) is 1.57. The second kappa shape index (κ2) is 2.84. The summed E-state index contributed by atoms with van der Waals surface area (Å²) in [6.07, 6.45) is 2.56. The van der Waals surface area contributed by atoms with Crippen molar-refractivity contribution >= 4 is 0 Å². The number of aromatic nitrogens is 2. The maximum absolute atomic E-state index is 5.60. The van der Waals surface area contributed by atoms with E-state index in [0.717, 1.165) is 17.8 Å². The number of hydrogen-bond donors (Lipinski definition) is 2. The smallest absolute Gasteiger partial charge is 0.0925 e. The van der Waals surface area contributed by atoms with Gasteiger partial charge in [0.05, 0.1) is 12.0 Å². The molecule has 0 aliphatic heterocycles. The lowest BCUT2D eigenvalue weighted by Gasteiger charge is -2.01. The Balaban J connectivity index is 2.65. The minimum absolute atomic E-state index is 0.196. The Kier molecular flexibility index (Phi) is 2.06. The molecule has 0 radical (unpaired) electrons. The lowest BCUT2D eigenvalue weighted by atomic mass is 10.2. The van der Waals surface area contributed by atoms with Crippen LogP contribution >= 0.6 is 0 Å². The number of aromatic amines is 1. The zero-order valence-corrected chi connectivity index (χ0v) is 6.39. The first-order valence-corrected chi connectivity index (χ1v) is 3.44. The third-order valence-corrected chi connectivity index (χ3v) is 1.45. The average molecular weight is 139 g/mol. The standard InChI is InChI=1S/C7H13N3/c1-5(8)3-7-6(2)9-4-10-7/h4-5H,3,8H2,1-2H3,(H,9,10). The van der Waals surface area contributed by atoms with Gasteiger partial charge in [0, 0.05) is 18.2 Å². The van der Waals surface area contributed by atoms with Gasteiger partial charge < -0.3 is 10.7 Å². The molecule has 0 fully saturated rings. The Morgan fingerprint density at radius 3 is 2.90 bits per heavy atom. The van der Waals surface area contributed by atoms with Gasteiger partial charge in [0.25, 0.3) is 0 Å². The van der Waals surface area contributed by atoms with Crippen LogP contribution in [-0.2, 0) is 6.42 Å². The molecule has 1 aromatic heterocycles. The summed E-state index contributed by atoms with van der Waals surface area (Å²) < 4.78 is 0. The van der Waals surface area contributed by atoms with Crippen LogP contribution in [0.3, 0.4) is 0 Å². The van der Waals surface area contributed by atoms with Crippen molar-refractivity contribution in [2.24, 2.45) is 5.73 Å². The Morgan fingerprint density at radius 2 is 2.50 bits per heavy atom. The molecule has 0 aromatic carbocycles. The first-order valence-electron chi connectivity index (χ1n) is 3.44. The molecule has 0 spiro atoms. The van der Waals surface area contributed by atoms with Gasteiger partial charge in [0.15, 0.2) is 0 Å². The maximum atomic E-state index is 5.60. The molecule has 0 bridgehead atoms. The number of hydrogen-bond acceptors (Lipinski definition) is 2. The summed E-state index contributed by atoms with van der Waals surface area (Å²) in [5, 5.41) is 0. The molecule has 10 heavy (non-hydrogen) atoms. The predicted octanol–water partition coefficient (Wildman–Crippen LogP) is 0.608. The highest BCUT2D eigenvalue weighted by Crippen LogP contribution is 2.02. The lowest BCUT2D eigenvalue weighted by molar-refractivity contribution is 0.721. The fourth-order valence-electron chi connectivity index (χ4n) is 0.898. The number of nitrogens with one attached hydrogen (secondary N) is 1. The Bertz CT molecular complexity index is 202. The normalized spacial score (nSPS) is 13.5. The van der Waals surface area contributed by atoms with Crippen LogP contribution in [0.4, 0.5) is 0 Å². The van der Waals surface area contributed by atoms with Gasteiger partial charge in [0.2, 0.25) is 0 Å². The van der Waals surface area contributed by atoms with Crippen molar-refractivity contribution in [1.82, 2.24) is 9.97 Å². The predicted molar refractivity (Wildman–Crippen MR) is 40.7 cm³/mol. The molecule has 1 unspecified atom stereocenters. The lowest BCUT2D eigenvalue weighted by Crippen LogP contribution is -2.18. The molecule has 1 rings (SSSR count). The van der Waals surface area contributed by atoms with Crippen molar-refractivity contribution in [2.75, 3.05) is 0 Å². The fraction of sp³-hybridized carbons (Fsp3) is 0.571. The molecule has 0 amide bonds. The minimum atomic E-state index is 0.196. The SMILES string of the molecule is Cc1[nH]cnc1CC(C)N. The number of nitrogens with zero attached hydrogens (tertiary/aromatic N) is 1. The fourth-order valence-corrected chi connectivity index (χ4v) is 0.898. The number of imidazole rings is 1. The van der Waals surface area contributed by atoms with Gasteiger partial charge in [-0.25, -0.2) is 4.98 Å². The van der Waals surface area contributed by atoms with Gasteiger partial charge >= 0.3 is 0 Å². The molecule has 0 saturated carbocycles. The van der Waals surface area contributed by atoms with Crippen LogP contribution in [0, 0.1) is 6.92 Å². The van der Waals surface area contributed by atoms with Crippen LogP contribution in [0.15, 0.2) is 6.33 Å². The molecular formula is C7H13N3. The van der Waals surface area contributed by atoms with Crippen molar-refractivity contribution in [1.29, 1.82) is 0 Å². The number of H-pyrrole nitrogens is 1. The van der Waals surface area contributed by atoms with E-state index in [-0.39, 0.29) is 6.04 Å². The van der Waals surface area contributed by atoms with Crippen molar-refractivity contribution in [3.63, 3.8) is 0 Å². The van der Waals surface area contributed by atoms with Gasteiger partial charge in [-0.1, -0.05) is 0 Å². The zero-order chi connectivity index (χ0) is 7.56. The first kappa shape index (κ1) is 7.28. The van der Waals surface area contributed by atoms with Crippen LogP contribution in [-0.4, -0.2) is 16.0 Å². The molecule has 0 aliphatic rings. The van der Waals surface area contributed by atoms with E-state index in [1.54, 1.807) is 6.33 Å². The van der Waals surface area contributed by atoms with Gasteiger partial charge in [0.1, 0.15) is 0 Å². The molecule has 1 aromatic rings. The van der Waals surface area contributed by atoms with Gasteiger partial charge in [-0.15, -0.1) is 0 Å². The Hall–Kier alpha value is -0.830. The molecule has 3 nitrogen and oxygen atoms in total. The Labute approximate surface area is 60.7 Å². The highest BCUT2D eigenvalue weighted by molar-refractivity contribution is 5.09. The maximum Gasteiger partial charge on any atom is 0.0925 e.